The molecule has 134 valence electrons. The molecule has 11 heteroatoms. The molecule has 5 nitrogen and oxygen atoms in total. The number of hydrogen-bond donors (Lipinski definition) is 1. The number of carbonyl (C=O) groups is 1. The molecule has 1 saturated heterocycles. The van der Waals surface area contributed by atoms with Crippen molar-refractivity contribution >= 4 is 11.8 Å². The Hall–Kier alpha value is -2.04. The minimum atomic E-state index is -4.82. The largest absolute Gasteiger partial charge is 0.478 e. The van der Waals surface area contributed by atoms with Crippen molar-refractivity contribution in [2.24, 2.45) is 0 Å². The molecule has 1 aliphatic rings. The number of halogens is 6. The molecule has 24 heavy (non-hydrogen) atoms. The van der Waals surface area contributed by atoms with Gasteiger partial charge in [0, 0.05) is 12.7 Å². The monoisotopic (exact) mass is 358 g/mol. The summed E-state index contributed by atoms with van der Waals surface area (Å²) in [5, 5.41) is 9.21. The lowest BCUT2D eigenvalue weighted by molar-refractivity contribution is -0.221. The van der Waals surface area contributed by atoms with E-state index in [1.807, 2.05) is 0 Å². The standard InChI is InChI=1S/C13H12F6N2O3/c1-6-7(12(14,15)16)4-20-10(9(6)11(22)23)21-2-3-24-8(5-21)13(17,18)19/h4,8H,2-3,5H2,1H3,(H,22,23). The summed E-state index contributed by atoms with van der Waals surface area (Å²) in [6, 6.07) is 0. The van der Waals surface area contributed by atoms with Gasteiger partial charge in [0.1, 0.15) is 11.4 Å². The molecular weight excluding hydrogens is 346 g/mol. The maximum Gasteiger partial charge on any atom is 0.418 e. The van der Waals surface area contributed by atoms with Gasteiger partial charge in [0.2, 0.25) is 0 Å². The van der Waals surface area contributed by atoms with Crippen LogP contribution in [0.2, 0.25) is 0 Å². The van der Waals surface area contributed by atoms with Gasteiger partial charge in [-0.3, -0.25) is 0 Å². The van der Waals surface area contributed by atoms with E-state index in [9.17, 15) is 36.2 Å². The lowest BCUT2D eigenvalue weighted by Gasteiger charge is -2.35. The van der Waals surface area contributed by atoms with Gasteiger partial charge in [-0.25, -0.2) is 9.78 Å². The van der Waals surface area contributed by atoms with E-state index in [1.54, 1.807) is 0 Å². The lowest BCUT2D eigenvalue weighted by atomic mass is 10.0. The molecule has 2 heterocycles. The Bertz CT molecular complexity index is 644. The molecule has 1 aliphatic heterocycles. The number of aromatic nitrogens is 1. The third-order valence-electron chi connectivity index (χ3n) is 3.57. The molecule has 0 saturated carbocycles. The lowest BCUT2D eigenvalue weighted by Crippen LogP contribution is -2.50. The maximum atomic E-state index is 12.9. The fourth-order valence-electron chi connectivity index (χ4n) is 2.41. The molecule has 0 spiro atoms. The number of hydrogen-bond acceptors (Lipinski definition) is 4. The normalized spacial score (nSPS) is 19.5. The Morgan fingerprint density at radius 2 is 1.96 bits per heavy atom. The fraction of sp³-hybridized carbons (Fsp3) is 0.538. The molecule has 1 N–H and O–H groups in total. The zero-order valence-corrected chi connectivity index (χ0v) is 12.2. The molecule has 1 fully saturated rings. The van der Waals surface area contributed by atoms with E-state index in [0.717, 1.165) is 11.8 Å². The molecule has 1 aromatic heterocycles. The van der Waals surface area contributed by atoms with Gasteiger partial charge < -0.3 is 14.7 Å². The SMILES string of the molecule is Cc1c(C(F)(F)F)cnc(N2CCOC(C(F)(F)F)C2)c1C(=O)O. The predicted octanol–water partition coefficient (Wildman–Crippen LogP) is 2.87. The highest BCUT2D eigenvalue weighted by molar-refractivity contribution is 5.95. The Balaban J connectivity index is 2.47. The highest BCUT2D eigenvalue weighted by atomic mass is 19.4. The molecule has 1 unspecified atom stereocenters. The topological polar surface area (TPSA) is 62.7 Å². The van der Waals surface area contributed by atoms with E-state index in [0.29, 0.717) is 6.20 Å². The number of ether oxygens (including phenoxy) is 1. The summed E-state index contributed by atoms with van der Waals surface area (Å²) in [6.07, 6.45) is -11.2. The molecule has 0 bridgehead atoms. The minimum Gasteiger partial charge on any atom is -0.478 e. The summed E-state index contributed by atoms with van der Waals surface area (Å²) >= 11 is 0. The van der Waals surface area contributed by atoms with Crippen LogP contribution < -0.4 is 4.90 Å². The number of aromatic carboxylic acids is 1. The highest BCUT2D eigenvalue weighted by Gasteiger charge is 2.44. The van der Waals surface area contributed by atoms with Crippen molar-refractivity contribution in [3.8, 4) is 0 Å². The quantitative estimate of drug-likeness (QED) is 0.824. The summed E-state index contributed by atoms with van der Waals surface area (Å²) in [5.74, 6) is -2.14. The number of pyridine rings is 1. The van der Waals surface area contributed by atoms with Crippen molar-refractivity contribution < 1.29 is 41.0 Å². The molecule has 1 aromatic rings. The van der Waals surface area contributed by atoms with Crippen LogP contribution in [0.3, 0.4) is 0 Å². The second-order valence-electron chi connectivity index (χ2n) is 5.15. The maximum absolute atomic E-state index is 12.9. The number of carboxylic acids is 1. The average Bonchev–Trinajstić information content (AvgIpc) is 2.44. The fourth-order valence-corrected chi connectivity index (χ4v) is 2.41. The summed E-state index contributed by atoms with van der Waals surface area (Å²) < 4.78 is 81.4. The Kier molecular flexibility index (Phi) is 4.66. The summed E-state index contributed by atoms with van der Waals surface area (Å²) in [4.78, 5) is 15.8. The van der Waals surface area contributed by atoms with Crippen molar-refractivity contribution in [2.75, 3.05) is 24.6 Å². The van der Waals surface area contributed by atoms with Crippen LogP contribution in [0, 0.1) is 6.92 Å². The van der Waals surface area contributed by atoms with Crippen LogP contribution in [0.15, 0.2) is 6.20 Å². The van der Waals surface area contributed by atoms with Crippen molar-refractivity contribution in [3.63, 3.8) is 0 Å². The highest BCUT2D eigenvalue weighted by Crippen LogP contribution is 2.36. The first kappa shape index (κ1) is 18.3. The summed E-state index contributed by atoms with van der Waals surface area (Å²) in [5.41, 5.74) is -2.62. The number of morpholine rings is 1. The van der Waals surface area contributed by atoms with Gasteiger partial charge in [0.05, 0.1) is 18.7 Å². The smallest absolute Gasteiger partial charge is 0.418 e. The molecular formula is C13H12F6N2O3. The van der Waals surface area contributed by atoms with Gasteiger partial charge in [-0.15, -0.1) is 0 Å². The second-order valence-corrected chi connectivity index (χ2v) is 5.15. The molecule has 1 atom stereocenters. The van der Waals surface area contributed by atoms with Crippen molar-refractivity contribution in [1.29, 1.82) is 0 Å². The molecule has 0 amide bonds. The number of anilines is 1. The first-order valence-electron chi connectivity index (χ1n) is 6.66. The van der Waals surface area contributed by atoms with Gasteiger partial charge in [-0.05, 0) is 12.5 Å². The third-order valence-corrected chi connectivity index (χ3v) is 3.57. The van der Waals surface area contributed by atoms with Crippen LogP contribution in [0.4, 0.5) is 32.2 Å². The predicted molar refractivity (Wildman–Crippen MR) is 68.9 cm³/mol. The zero-order chi connectivity index (χ0) is 18.3. The van der Waals surface area contributed by atoms with Crippen LogP contribution in [0.25, 0.3) is 0 Å². The number of carboxylic acid groups (broad SMARTS) is 1. The second kappa shape index (κ2) is 6.11. The van der Waals surface area contributed by atoms with E-state index < -0.39 is 53.5 Å². The summed E-state index contributed by atoms with van der Waals surface area (Å²) in [7, 11) is 0. The van der Waals surface area contributed by atoms with Crippen LogP contribution in [0.1, 0.15) is 21.5 Å². The average molecular weight is 358 g/mol. The minimum absolute atomic E-state index is 0.120. The van der Waals surface area contributed by atoms with Crippen LogP contribution >= 0.6 is 0 Å². The Labute approximate surface area is 131 Å². The van der Waals surface area contributed by atoms with E-state index in [-0.39, 0.29) is 13.2 Å². The first-order chi connectivity index (χ1) is 10.9. The van der Waals surface area contributed by atoms with Crippen LogP contribution in [-0.4, -0.2) is 48.0 Å². The number of alkyl halides is 6. The van der Waals surface area contributed by atoms with E-state index in [1.165, 1.54) is 0 Å². The Morgan fingerprint density at radius 1 is 1.33 bits per heavy atom. The molecule has 0 aromatic carbocycles. The molecule has 0 aliphatic carbocycles. The van der Waals surface area contributed by atoms with Gasteiger partial charge in [0.15, 0.2) is 6.10 Å². The Morgan fingerprint density at radius 3 is 2.46 bits per heavy atom. The first-order valence-corrected chi connectivity index (χ1v) is 6.66. The number of nitrogens with zero attached hydrogens (tertiary/aromatic N) is 2. The summed E-state index contributed by atoms with van der Waals surface area (Å²) in [6.45, 7) is -0.281. The van der Waals surface area contributed by atoms with Gasteiger partial charge >= 0.3 is 18.3 Å². The van der Waals surface area contributed by atoms with Crippen LogP contribution in [-0.2, 0) is 10.9 Å². The van der Waals surface area contributed by atoms with E-state index in [2.05, 4.69) is 9.72 Å². The van der Waals surface area contributed by atoms with Crippen LogP contribution in [0.5, 0.6) is 0 Å². The van der Waals surface area contributed by atoms with Crippen molar-refractivity contribution in [3.05, 3.63) is 22.9 Å². The van der Waals surface area contributed by atoms with Crippen molar-refractivity contribution in [1.82, 2.24) is 4.98 Å². The van der Waals surface area contributed by atoms with E-state index in [4.69, 9.17) is 0 Å². The van der Waals surface area contributed by atoms with Gasteiger partial charge in [-0.1, -0.05) is 0 Å². The van der Waals surface area contributed by atoms with E-state index >= 15 is 0 Å². The van der Waals surface area contributed by atoms with Gasteiger partial charge in [0.25, 0.3) is 0 Å². The zero-order valence-electron chi connectivity index (χ0n) is 12.2. The molecule has 0 radical (unpaired) electrons. The molecule has 2 rings (SSSR count). The van der Waals surface area contributed by atoms with Gasteiger partial charge in [-0.2, -0.15) is 26.3 Å². The number of rotatable bonds is 2. The third kappa shape index (κ3) is 3.55. The van der Waals surface area contributed by atoms with Crippen molar-refractivity contribution in [2.45, 2.75) is 25.4 Å².